The van der Waals surface area contributed by atoms with Crippen LogP contribution in [-0.4, -0.2) is 36.4 Å². The molecule has 2 rings (SSSR count). The highest BCUT2D eigenvalue weighted by Gasteiger charge is 2.22. The van der Waals surface area contributed by atoms with E-state index in [1.165, 1.54) is 0 Å². The van der Waals surface area contributed by atoms with E-state index in [9.17, 15) is 4.79 Å². The lowest BCUT2D eigenvalue weighted by Gasteiger charge is -2.25. The van der Waals surface area contributed by atoms with Gasteiger partial charge in [0, 0.05) is 12.7 Å². The highest BCUT2D eigenvalue weighted by molar-refractivity contribution is 5.85. The maximum atomic E-state index is 11.9. The Hall–Kier alpha value is -1.66. The summed E-state index contributed by atoms with van der Waals surface area (Å²) in [7, 11) is 0. The van der Waals surface area contributed by atoms with Crippen molar-refractivity contribution in [3.63, 3.8) is 0 Å². The van der Waals surface area contributed by atoms with E-state index in [0.29, 0.717) is 18.9 Å². The maximum Gasteiger partial charge on any atom is 0.412 e. The first kappa shape index (κ1) is 14.7. The van der Waals surface area contributed by atoms with Gasteiger partial charge in [0.2, 0.25) is 0 Å². The highest BCUT2D eigenvalue weighted by atomic mass is 16.6. The third-order valence-electron chi connectivity index (χ3n) is 2.73. The lowest BCUT2D eigenvalue weighted by Crippen LogP contribution is -2.36. The molecule has 0 radical (unpaired) electrons. The van der Waals surface area contributed by atoms with Crippen molar-refractivity contribution >= 4 is 11.8 Å². The maximum absolute atomic E-state index is 11.9. The molecule has 1 atom stereocenters. The lowest BCUT2D eigenvalue weighted by molar-refractivity contribution is 0.0633. The van der Waals surface area contributed by atoms with E-state index in [4.69, 9.17) is 9.47 Å². The smallest absolute Gasteiger partial charge is 0.412 e. The predicted octanol–water partition coefficient (Wildman–Crippen LogP) is 2.09. The van der Waals surface area contributed by atoms with Gasteiger partial charge in [-0.05, 0) is 32.9 Å². The Morgan fingerprint density at radius 3 is 3.00 bits per heavy atom. The Balaban J connectivity index is 2.09. The molecule has 0 saturated carbocycles. The highest BCUT2D eigenvalue weighted by Crippen LogP contribution is 2.22. The summed E-state index contributed by atoms with van der Waals surface area (Å²) in [4.78, 5) is 16.2. The normalized spacial score (nSPS) is 19.4. The summed E-state index contributed by atoms with van der Waals surface area (Å²) in [6, 6.07) is 3.57. The molecule has 2 heterocycles. The number of carbonyl (C=O) groups excluding carboxylic acids is 1. The van der Waals surface area contributed by atoms with Crippen molar-refractivity contribution in [2.45, 2.75) is 32.4 Å². The number of hydrogen-bond donors (Lipinski definition) is 2. The number of anilines is 1. The lowest BCUT2D eigenvalue weighted by atomic mass is 10.1. The van der Waals surface area contributed by atoms with Gasteiger partial charge in [-0.2, -0.15) is 0 Å². The Bertz CT molecular complexity index is 465. The summed E-state index contributed by atoms with van der Waals surface area (Å²) in [6.07, 6.45) is 1.22. The third kappa shape index (κ3) is 4.18. The topological polar surface area (TPSA) is 72.5 Å². The summed E-state index contributed by atoms with van der Waals surface area (Å²) in [5.74, 6) is 0. The standard InChI is InChI=1S/C14H21N3O3/c1-14(2,3)20-13(18)17-10-5-4-6-16-12(10)11-9-19-8-7-15-11/h4-6,11,15H,7-9H2,1-3H3,(H,17,18). The minimum Gasteiger partial charge on any atom is -0.444 e. The zero-order chi connectivity index (χ0) is 14.6. The minimum absolute atomic E-state index is 0.0186. The van der Waals surface area contributed by atoms with E-state index in [1.54, 1.807) is 12.3 Å². The first-order valence-electron chi connectivity index (χ1n) is 6.72. The zero-order valence-electron chi connectivity index (χ0n) is 12.1. The number of hydrogen-bond acceptors (Lipinski definition) is 5. The fourth-order valence-electron chi connectivity index (χ4n) is 1.96. The van der Waals surface area contributed by atoms with Crippen LogP contribution in [0.2, 0.25) is 0 Å². The monoisotopic (exact) mass is 279 g/mol. The number of pyridine rings is 1. The van der Waals surface area contributed by atoms with Gasteiger partial charge in [-0.15, -0.1) is 0 Å². The molecule has 1 unspecified atom stereocenters. The molecule has 20 heavy (non-hydrogen) atoms. The van der Waals surface area contributed by atoms with Crippen LogP contribution in [0, 0.1) is 0 Å². The zero-order valence-corrected chi connectivity index (χ0v) is 12.1. The number of carbonyl (C=O) groups is 1. The molecule has 1 aliphatic heterocycles. The molecule has 0 aromatic carbocycles. The molecule has 1 saturated heterocycles. The molecule has 0 bridgehead atoms. The van der Waals surface area contributed by atoms with Crippen LogP contribution >= 0.6 is 0 Å². The first-order valence-corrected chi connectivity index (χ1v) is 6.72. The van der Waals surface area contributed by atoms with Crippen molar-refractivity contribution in [3.8, 4) is 0 Å². The van der Waals surface area contributed by atoms with E-state index in [2.05, 4.69) is 15.6 Å². The number of rotatable bonds is 2. The van der Waals surface area contributed by atoms with Crippen LogP contribution in [0.5, 0.6) is 0 Å². The van der Waals surface area contributed by atoms with Crippen molar-refractivity contribution < 1.29 is 14.3 Å². The second-order valence-corrected chi connectivity index (χ2v) is 5.64. The summed E-state index contributed by atoms with van der Waals surface area (Å²) in [5, 5.41) is 6.06. The van der Waals surface area contributed by atoms with Gasteiger partial charge in [0.15, 0.2) is 0 Å². The average molecular weight is 279 g/mol. The van der Waals surface area contributed by atoms with E-state index >= 15 is 0 Å². The summed E-state index contributed by atoms with van der Waals surface area (Å²) in [5.41, 5.74) is 0.876. The molecule has 110 valence electrons. The molecule has 1 aromatic heterocycles. The number of ether oxygens (including phenoxy) is 2. The van der Waals surface area contributed by atoms with Crippen LogP contribution in [0.3, 0.4) is 0 Å². The average Bonchev–Trinajstić information content (AvgIpc) is 2.38. The number of amides is 1. The van der Waals surface area contributed by atoms with Crippen LogP contribution in [0.1, 0.15) is 32.5 Å². The Labute approximate surface area is 118 Å². The predicted molar refractivity (Wildman–Crippen MR) is 75.7 cm³/mol. The second-order valence-electron chi connectivity index (χ2n) is 5.64. The van der Waals surface area contributed by atoms with Gasteiger partial charge in [-0.1, -0.05) is 0 Å². The van der Waals surface area contributed by atoms with Crippen molar-refractivity contribution in [2.24, 2.45) is 0 Å². The van der Waals surface area contributed by atoms with Gasteiger partial charge < -0.3 is 14.8 Å². The molecular weight excluding hydrogens is 258 g/mol. The van der Waals surface area contributed by atoms with Gasteiger partial charge >= 0.3 is 6.09 Å². The van der Waals surface area contributed by atoms with E-state index < -0.39 is 11.7 Å². The molecule has 1 amide bonds. The SMILES string of the molecule is CC(C)(C)OC(=O)Nc1cccnc1C1COCCN1. The van der Waals surface area contributed by atoms with Crippen molar-refractivity contribution in [2.75, 3.05) is 25.1 Å². The molecule has 6 heteroatoms. The van der Waals surface area contributed by atoms with Crippen molar-refractivity contribution in [3.05, 3.63) is 24.0 Å². The van der Waals surface area contributed by atoms with E-state index in [1.807, 2.05) is 26.8 Å². The van der Waals surface area contributed by atoms with E-state index in [-0.39, 0.29) is 6.04 Å². The molecule has 1 aliphatic rings. The minimum atomic E-state index is -0.529. The van der Waals surface area contributed by atoms with E-state index in [0.717, 1.165) is 12.2 Å². The summed E-state index contributed by atoms with van der Waals surface area (Å²) < 4.78 is 10.7. The fourth-order valence-corrected chi connectivity index (χ4v) is 1.96. The van der Waals surface area contributed by atoms with Crippen LogP contribution < -0.4 is 10.6 Å². The van der Waals surface area contributed by atoms with Crippen LogP contribution in [-0.2, 0) is 9.47 Å². The first-order chi connectivity index (χ1) is 9.46. The van der Waals surface area contributed by atoms with Crippen LogP contribution in [0.4, 0.5) is 10.5 Å². The van der Waals surface area contributed by atoms with Gasteiger partial charge in [0.05, 0.1) is 30.6 Å². The molecule has 6 nitrogen and oxygen atoms in total. The van der Waals surface area contributed by atoms with Crippen molar-refractivity contribution in [1.29, 1.82) is 0 Å². The van der Waals surface area contributed by atoms with Crippen molar-refractivity contribution in [1.82, 2.24) is 10.3 Å². The fraction of sp³-hybridized carbons (Fsp3) is 0.571. The number of nitrogens with one attached hydrogen (secondary N) is 2. The third-order valence-corrected chi connectivity index (χ3v) is 2.73. The molecule has 2 N–H and O–H groups in total. The van der Waals surface area contributed by atoms with Crippen LogP contribution in [0.25, 0.3) is 0 Å². The number of nitrogens with zero attached hydrogens (tertiary/aromatic N) is 1. The summed E-state index contributed by atoms with van der Waals surface area (Å²) >= 11 is 0. The van der Waals surface area contributed by atoms with Crippen LogP contribution in [0.15, 0.2) is 18.3 Å². The number of morpholine rings is 1. The quantitative estimate of drug-likeness (QED) is 0.867. The van der Waals surface area contributed by atoms with Gasteiger partial charge in [0.1, 0.15) is 5.60 Å². The van der Waals surface area contributed by atoms with Gasteiger partial charge in [0.25, 0.3) is 0 Å². The molecule has 1 aromatic rings. The Kier molecular flexibility index (Phi) is 4.57. The molecule has 1 fully saturated rings. The van der Waals surface area contributed by atoms with Gasteiger partial charge in [-0.25, -0.2) is 4.79 Å². The molecule has 0 spiro atoms. The largest absolute Gasteiger partial charge is 0.444 e. The Morgan fingerprint density at radius 2 is 2.35 bits per heavy atom. The summed E-state index contributed by atoms with van der Waals surface area (Å²) in [6.45, 7) is 7.49. The molecule has 0 aliphatic carbocycles. The second kappa shape index (κ2) is 6.19. The Morgan fingerprint density at radius 1 is 1.55 bits per heavy atom. The molecular formula is C14H21N3O3. The van der Waals surface area contributed by atoms with Gasteiger partial charge in [-0.3, -0.25) is 10.3 Å². The number of aromatic nitrogens is 1.